The van der Waals surface area contributed by atoms with Gasteiger partial charge >= 0.3 is 12.1 Å². The molecule has 0 fully saturated rings. The van der Waals surface area contributed by atoms with Crippen LogP contribution < -0.4 is 5.73 Å². The van der Waals surface area contributed by atoms with Gasteiger partial charge < -0.3 is 14.7 Å². The van der Waals surface area contributed by atoms with Crippen LogP contribution >= 0.6 is 0 Å². The van der Waals surface area contributed by atoms with Crippen LogP contribution in [-0.4, -0.2) is 54.5 Å². The van der Waals surface area contributed by atoms with Gasteiger partial charge in [0.2, 0.25) is 0 Å². The van der Waals surface area contributed by atoms with Crippen molar-refractivity contribution in [2.45, 2.75) is 11.9 Å². The smallest absolute Gasteiger partial charge is 0.425 e. The molecule has 16 heavy (non-hydrogen) atoms. The Labute approximate surface area is 88.8 Å². The molecule has 0 aromatic heterocycles. The molecule has 94 valence electrons. The van der Waals surface area contributed by atoms with Gasteiger partial charge in [0.1, 0.15) is 6.61 Å². The van der Waals surface area contributed by atoms with Gasteiger partial charge in [-0.25, -0.2) is 4.79 Å². The van der Waals surface area contributed by atoms with Gasteiger partial charge in [-0.3, -0.25) is 10.5 Å². The van der Waals surface area contributed by atoms with Gasteiger partial charge in [-0.15, -0.1) is 0 Å². The van der Waals surface area contributed by atoms with Crippen molar-refractivity contribution >= 4 is 11.9 Å². The summed E-state index contributed by atoms with van der Waals surface area (Å²) < 4.78 is 39.3. The minimum absolute atomic E-state index is 0.792. The number of carbonyl (C=O) groups is 2. The van der Waals surface area contributed by atoms with Crippen molar-refractivity contribution in [3.05, 3.63) is 0 Å². The first kappa shape index (κ1) is 14.6. The first-order valence-electron chi connectivity index (χ1n) is 3.96. The SMILES string of the molecule is CN(C)C(=O)[C@](N)(CO)OC(=O)C(F)(F)F. The van der Waals surface area contributed by atoms with Gasteiger partial charge in [-0.1, -0.05) is 0 Å². The van der Waals surface area contributed by atoms with E-state index in [1.807, 2.05) is 0 Å². The quantitative estimate of drug-likeness (QED) is 0.482. The fraction of sp³-hybridized carbons (Fsp3) is 0.714. The second-order valence-electron chi connectivity index (χ2n) is 3.13. The van der Waals surface area contributed by atoms with Crippen molar-refractivity contribution < 1.29 is 32.6 Å². The summed E-state index contributed by atoms with van der Waals surface area (Å²) in [5, 5.41) is 8.70. The van der Waals surface area contributed by atoms with Crippen LogP contribution in [0.15, 0.2) is 0 Å². The Morgan fingerprint density at radius 3 is 2.06 bits per heavy atom. The number of rotatable bonds is 3. The Bertz CT molecular complexity index is 292. The van der Waals surface area contributed by atoms with Crippen molar-refractivity contribution in [3.63, 3.8) is 0 Å². The monoisotopic (exact) mass is 244 g/mol. The second-order valence-corrected chi connectivity index (χ2v) is 3.13. The maximum absolute atomic E-state index is 11.8. The molecule has 0 unspecified atom stereocenters. The molecule has 6 nitrogen and oxygen atoms in total. The Kier molecular flexibility index (Phi) is 4.27. The summed E-state index contributed by atoms with van der Waals surface area (Å²) in [6, 6.07) is 0. The first-order valence-corrected chi connectivity index (χ1v) is 3.96. The highest BCUT2D eigenvalue weighted by Gasteiger charge is 2.48. The standard InChI is InChI=1S/C7H11F3N2O4/c1-12(2)4(14)6(11,3-13)16-5(15)7(8,9)10/h13H,3,11H2,1-2H3/t6-/m0/s1. The van der Waals surface area contributed by atoms with E-state index in [4.69, 9.17) is 10.8 Å². The molecule has 0 aliphatic rings. The van der Waals surface area contributed by atoms with Crippen LogP contribution in [0.2, 0.25) is 0 Å². The number of aliphatic hydroxyl groups excluding tert-OH is 1. The number of halogens is 3. The number of nitrogens with zero attached hydrogens (tertiary/aromatic N) is 1. The third-order valence-electron chi connectivity index (χ3n) is 1.51. The molecule has 0 bridgehead atoms. The summed E-state index contributed by atoms with van der Waals surface area (Å²) in [5.74, 6) is -3.80. The molecule has 9 heteroatoms. The van der Waals surface area contributed by atoms with Gasteiger partial charge in [0.25, 0.3) is 11.6 Å². The number of carbonyl (C=O) groups excluding carboxylic acids is 2. The van der Waals surface area contributed by atoms with Crippen LogP contribution in [0.5, 0.6) is 0 Å². The maximum Gasteiger partial charge on any atom is 0.491 e. The number of amides is 1. The molecule has 0 aliphatic heterocycles. The number of nitrogens with two attached hydrogens (primary N) is 1. The van der Waals surface area contributed by atoms with Gasteiger partial charge in [0, 0.05) is 14.1 Å². The lowest BCUT2D eigenvalue weighted by Gasteiger charge is -2.28. The Hall–Kier alpha value is -1.35. The highest BCUT2D eigenvalue weighted by Crippen LogP contribution is 2.20. The van der Waals surface area contributed by atoms with Crippen LogP contribution in [0.4, 0.5) is 13.2 Å². The minimum atomic E-state index is -5.29. The number of ether oxygens (including phenoxy) is 1. The topological polar surface area (TPSA) is 92.9 Å². The van der Waals surface area contributed by atoms with Gasteiger partial charge in [-0.2, -0.15) is 13.2 Å². The fourth-order valence-electron chi connectivity index (χ4n) is 0.745. The molecular weight excluding hydrogens is 233 g/mol. The van der Waals surface area contributed by atoms with E-state index < -0.39 is 30.4 Å². The summed E-state index contributed by atoms with van der Waals surface area (Å²) in [4.78, 5) is 22.5. The molecule has 0 aliphatic carbocycles. The number of likely N-dealkylation sites (N-methyl/N-ethyl adjacent to an activating group) is 1. The zero-order valence-corrected chi connectivity index (χ0v) is 8.54. The van der Waals surface area contributed by atoms with E-state index in [1.165, 1.54) is 14.1 Å². The summed E-state index contributed by atoms with van der Waals surface area (Å²) in [7, 11) is 2.36. The summed E-state index contributed by atoms with van der Waals surface area (Å²) in [6.07, 6.45) is -5.29. The predicted molar refractivity (Wildman–Crippen MR) is 44.8 cm³/mol. The zero-order valence-electron chi connectivity index (χ0n) is 8.54. The van der Waals surface area contributed by atoms with Crippen LogP contribution in [0.1, 0.15) is 0 Å². The molecule has 0 saturated heterocycles. The fourth-order valence-corrected chi connectivity index (χ4v) is 0.745. The highest BCUT2D eigenvalue weighted by molar-refractivity contribution is 5.88. The third-order valence-corrected chi connectivity index (χ3v) is 1.51. The maximum atomic E-state index is 11.8. The molecule has 0 rings (SSSR count). The molecule has 0 spiro atoms. The number of esters is 1. The van der Waals surface area contributed by atoms with E-state index in [2.05, 4.69) is 4.74 Å². The van der Waals surface area contributed by atoms with E-state index in [-0.39, 0.29) is 0 Å². The third kappa shape index (κ3) is 3.35. The lowest BCUT2D eigenvalue weighted by atomic mass is 10.2. The van der Waals surface area contributed by atoms with Crippen molar-refractivity contribution in [2.24, 2.45) is 5.73 Å². The predicted octanol–water partition coefficient (Wildman–Crippen LogP) is -1.17. The van der Waals surface area contributed by atoms with E-state index in [1.54, 1.807) is 0 Å². The number of aliphatic hydroxyl groups is 1. The highest BCUT2D eigenvalue weighted by atomic mass is 19.4. The van der Waals surface area contributed by atoms with Crippen molar-refractivity contribution in [1.82, 2.24) is 4.90 Å². The summed E-state index contributed by atoms with van der Waals surface area (Å²) in [6.45, 7) is -1.26. The molecule has 0 aromatic rings. The van der Waals surface area contributed by atoms with Crippen molar-refractivity contribution in [3.8, 4) is 0 Å². The Balaban J connectivity index is 4.88. The van der Waals surface area contributed by atoms with Crippen LogP contribution in [-0.2, 0) is 14.3 Å². The second kappa shape index (κ2) is 4.66. The number of alkyl halides is 3. The lowest BCUT2D eigenvalue weighted by Crippen LogP contribution is -2.60. The van der Waals surface area contributed by atoms with Gasteiger partial charge in [0.05, 0.1) is 0 Å². The average molecular weight is 244 g/mol. The van der Waals surface area contributed by atoms with Gasteiger partial charge in [0.15, 0.2) is 0 Å². The van der Waals surface area contributed by atoms with Gasteiger partial charge in [-0.05, 0) is 0 Å². The largest absolute Gasteiger partial charge is 0.491 e. The van der Waals surface area contributed by atoms with Crippen molar-refractivity contribution in [1.29, 1.82) is 0 Å². The molecular formula is C7H11F3N2O4. The molecule has 0 aromatic carbocycles. The zero-order chi connectivity index (χ0) is 13.1. The molecule has 0 saturated carbocycles. The Morgan fingerprint density at radius 1 is 1.38 bits per heavy atom. The normalized spacial score (nSPS) is 15.2. The average Bonchev–Trinajstić information content (AvgIpc) is 2.14. The van der Waals surface area contributed by atoms with Crippen LogP contribution in [0, 0.1) is 0 Å². The van der Waals surface area contributed by atoms with E-state index in [0.717, 1.165) is 4.90 Å². The van der Waals surface area contributed by atoms with E-state index in [0.29, 0.717) is 0 Å². The minimum Gasteiger partial charge on any atom is -0.425 e. The van der Waals surface area contributed by atoms with E-state index >= 15 is 0 Å². The lowest BCUT2D eigenvalue weighted by molar-refractivity contribution is -0.218. The molecule has 0 radical (unpaired) electrons. The molecule has 1 amide bonds. The first-order chi connectivity index (χ1) is 7.04. The van der Waals surface area contributed by atoms with E-state index in [9.17, 15) is 22.8 Å². The van der Waals surface area contributed by atoms with Crippen LogP contribution in [0.25, 0.3) is 0 Å². The number of hydrogen-bond donors (Lipinski definition) is 2. The number of hydrogen-bond acceptors (Lipinski definition) is 5. The molecule has 1 atom stereocenters. The summed E-state index contributed by atoms with van der Waals surface area (Å²) in [5.41, 5.74) is 2.33. The molecule has 3 N–H and O–H groups in total. The van der Waals surface area contributed by atoms with Crippen LogP contribution in [0.3, 0.4) is 0 Å². The summed E-state index contributed by atoms with van der Waals surface area (Å²) >= 11 is 0. The van der Waals surface area contributed by atoms with Crippen molar-refractivity contribution in [2.75, 3.05) is 20.7 Å². The Morgan fingerprint density at radius 2 is 1.81 bits per heavy atom. The molecule has 0 heterocycles.